The number of hydrogen-bond donors (Lipinski definition) is 0. The largest absolute Gasteiger partial charge is 0.469 e. The Morgan fingerprint density at radius 3 is 2.25 bits per heavy atom. The first-order valence-electron chi connectivity index (χ1n) is 7.57. The molecule has 0 fully saturated rings. The average molecular weight is 277 g/mol. The van der Waals surface area contributed by atoms with Crippen LogP contribution in [0.2, 0.25) is 0 Å². The molecule has 1 aromatic rings. The third-order valence-electron chi connectivity index (χ3n) is 3.55. The summed E-state index contributed by atoms with van der Waals surface area (Å²) < 4.78 is 4.62. The van der Waals surface area contributed by atoms with Crippen LogP contribution in [0.1, 0.15) is 44.9 Å². The van der Waals surface area contributed by atoms with E-state index >= 15 is 0 Å². The van der Waals surface area contributed by atoms with Gasteiger partial charge in [0.15, 0.2) is 0 Å². The van der Waals surface area contributed by atoms with Crippen molar-refractivity contribution in [2.24, 2.45) is 0 Å². The third kappa shape index (κ3) is 7.17. The maximum Gasteiger partial charge on any atom is 0.305 e. The Bertz CT molecular complexity index is 365. The van der Waals surface area contributed by atoms with Gasteiger partial charge in [0.05, 0.1) is 7.11 Å². The van der Waals surface area contributed by atoms with Gasteiger partial charge in [0.1, 0.15) is 0 Å². The molecule has 1 aromatic carbocycles. The number of nitrogens with zero attached hydrogens (tertiary/aromatic N) is 1. The first-order chi connectivity index (χ1) is 9.74. The Kier molecular flexibility index (Phi) is 8.52. The third-order valence-corrected chi connectivity index (χ3v) is 3.55. The van der Waals surface area contributed by atoms with Crippen molar-refractivity contribution in [1.29, 1.82) is 0 Å². The van der Waals surface area contributed by atoms with Crippen molar-refractivity contribution in [3.8, 4) is 0 Å². The molecule has 0 aliphatic rings. The zero-order chi connectivity index (χ0) is 14.6. The normalized spacial score (nSPS) is 10.3. The molecule has 3 heteroatoms. The van der Waals surface area contributed by atoms with Crippen molar-refractivity contribution in [2.75, 3.05) is 25.6 Å². The fraction of sp³-hybridized carbons (Fsp3) is 0.588. The van der Waals surface area contributed by atoms with Crippen molar-refractivity contribution in [3.63, 3.8) is 0 Å². The molecule has 0 saturated heterocycles. The van der Waals surface area contributed by atoms with Gasteiger partial charge in [-0.2, -0.15) is 0 Å². The van der Waals surface area contributed by atoms with Gasteiger partial charge in [-0.05, 0) is 25.0 Å². The zero-order valence-corrected chi connectivity index (χ0v) is 12.8. The number of esters is 1. The van der Waals surface area contributed by atoms with Crippen molar-refractivity contribution in [2.45, 2.75) is 44.9 Å². The standard InChI is InChI=1S/C17H27NO2/c1-18(16-12-8-7-9-13-16)15-11-6-4-3-5-10-14-17(19)20-2/h7-9,12-13H,3-6,10-11,14-15H2,1-2H3. The van der Waals surface area contributed by atoms with Crippen LogP contribution in [-0.2, 0) is 9.53 Å². The predicted octanol–water partition coefficient (Wildman–Crippen LogP) is 4.03. The summed E-state index contributed by atoms with van der Waals surface area (Å²) in [6.45, 7) is 1.10. The van der Waals surface area contributed by atoms with Gasteiger partial charge in [-0.25, -0.2) is 0 Å². The maximum absolute atomic E-state index is 10.9. The minimum Gasteiger partial charge on any atom is -0.469 e. The Hall–Kier alpha value is -1.51. The fourth-order valence-corrected chi connectivity index (χ4v) is 2.24. The summed E-state index contributed by atoms with van der Waals surface area (Å²) in [6, 6.07) is 10.5. The SMILES string of the molecule is COC(=O)CCCCCCCCN(C)c1ccccc1. The molecule has 0 aliphatic carbocycles. The number of ether oxygens (including phenoxy) is 1. The van der Waals surface area contributed by atoms with Crippen LogP contribution < -0.4 is 4.90 Å². The molecule has 0 amide bonds. The van der Waals surface area contributed by atoms with Crippen LogP contribution >= 0.6 is 0 Å². The van der Waals surface area contributed by atoms with Crippen molar-refractivity contribution in [3.05, 3.63) is 30.3 Å². The van der Waals surface area contributed by atoms with Gasteiger partial charge in [0.25, 0.3) is 0 Å². The minimum atomic E-state index is -0.0884. The molecule has 0 spiro atoms. The van der Waals surface area contributed by atoms with E-state index in [0.717, 1.165) is 19.4 Å². The quantitative estimate of drug-likeness (QED) is 0.478. The second-order valence-electron chi connectivity index (χ2n) is 5.20. The zero-order valence-electron chi connectivity index (χ0n) is 12.8. The van der Waals surface area contributed by atoms with E-state index in [4.69, 9.17) is 0 Å². The molecule has 0 heterocycles. The monoisotopic (exact) mass is 277 g/mol. The number of carbonyl (C=O) groups excluding carboxylic acids is 1. The summed E-state index contributed by atoms with van der Waals surface area (Å²) in [5.74, 6) is -0.0884. The Balaban J connectivity index is 1.96. The van der Waals surface area contributed by atoms with Gasteiger partial charge in [-0.15, -0.1) is 0 Å². The van der Waals surface area contributed by atoms with Crippen LogP contribution in [0.15, 0.2) is 30.3 Å². The van der Waals surface area contributed by atoms with Gasteiger partial charge in [-0.1, -0.05) is 43.9 Å². The lowest BCUT2D eigenvalue weighted by Crippen LogP contribution is -2.18. The van der Waals surface area contributed by atoms with Crippen LogP contribution in [0.5, 0.6) is 0 Å². The van der Waals surface area contributed by atoms with Crippen LogP contribution in [0.25, 0.3) is 0 Å². The molecule has 0 bridgehead atoms. The lowest BCUT2D eigenvalue weighted by molar-refractivity contribution is -0.140. The van der Waals surface area contributed by atoms with Crippen molar-refractivity contribution < 1.29 is 9.53 Å². The van der Waals surface area contributed by atoms with Gasteiger partial charge >= 0.3 is 5.97 Å². The molecule has 0 N–H and O–H groups in total. The molecule has 20 heavy (non-hydrogen) atoms. The van der Waals surface area contributed by atoms with Gasteiger partial charge < -0.3 is 9.64 Å². The first kappa shape index (κ1) is 16.5. The molecule has 0 radical (unpaired) electrons. The molecular weight excluding hydrogens is 250 g/mol. The molecule has 0 aromatic heterocycles. The number of unbranched alkanes of at least 4 members (excludes halogenated alkanes) is 5. The molecule has 3 nitrogen and oxygen atoms in total. The first-order valence-corrected chi connectivity index (χ1v) is 7.57. The predicted molar refractivity (Wildman–Crippen MR) is 84.0 cm³/mol. The lowest BCUT2D eigenvalue weighted by atomic mass is 10.1. The smallest absolute Gasteiger partial charge is 0.305 e. The van der Waals surface area contributed by atoms with Gasteiger partial charge in [0, 0.05) is 25.7 Å². The van der Waals surface area contributed by atoms with E-state index in [9.17, 15) is 4.79 Å². The Morgan fingerprint density at radius 2 is 1.60 bits per heavy atom. The Labute approximate surface area is 122 Å². The summed E-state index contributed by atoms with van der Waals surface area (Å²) in [5.41, 5.74) is 1.28. The number of para-hydroxylation sites is 1. The number of benzene rings is 1. The van der Waals surface area contributed by atoms with E-state index in [1.54, 1.807) is 0 Å². The Morgan fingerprint density at radius 1 is 1.00 bits per heavy atom. The highest BCUT2D eigenvalue weighted by Gasteiger charge is 2.00. The number of rotatable bonds is 10. The molecule has 0 atom stereocenters. The van der Waals surface area contributed by atoms with E-state index < -0.39 is 0 Å². The summed E-state index contributed by atoms with van der Waals surface area (Å²) in [5, 5.41) is 0. The van der Waals surface area contributed by atoms with Crippen molar-refractivity contribution in [1.82, 2.24) is 0 Å². The molecule has 1 rings (SSSR count). The van der Waals surface area contributed by atoms with Gasteiger partial charge in [-0.3, -0.25) is 4.79 Å². The highest BCUT2D eigenvalue weighted by molar-refractivity contribution is 5.68. The fourth-order valence-electron chi connectivity index (χ4n) is 2.24. The minimum absolute atomic E-state index is 0.0884. The van der Waals surface area contributed by atoms with E-state index in [-0.39, 0.29) is 5.97 Å². The topological polar surface area (TPSA) is 29.5 Å². The number of carbonyl (C=O) groups is 1. The average Bonchev–Trinajstić information content (AvgIpc) is 2.50. The van der Waals surface area contributed by atoms with E-state index in [1.807, 2.05) is 6.07 Å². The maximum atomic E-state index is 10.9. The van der Waals surface area contributed by atoms with Crippen molar-refractivity contribution >= 4 is 11.7 Å². The molecule has 0 unspecified atom stereocenters. The second kappa shape index (κ2) is 10.3. The van der Waals surface area contributed by atoms with Crippen LogP contribution in [0, 0.1) is 0 Å². The number of methoxy groups -OCH3 is 1. The van der Waals surface area contributed by atoms with Gasteiger partial charge in [0.2, 0.25) is 0 Å². The molecule has 0 saturated carbocycles. The van der Waals surface area contributed by atoms with E-state index in [0.29, 0.717) is 6.42 Å². The van der Waals surface area contributed by atoms with E-state index in [1.165, 1.54) is 38.5 Å². The number of hydrogen-bond acceptors (Lipinski definition) is 3. The van der Waals surface area contributed by atoms with Crippen LogP contribution in [0.3, 0.4) is 0 Å². The summed E-state index contributed by atoms with van der Waals surface area (Å²) in [6.07, 6.45) is 7.60. The number of anilines is 1. The van der Waals surface area contributed by atoms with E-state index in [2.05, 4.69) is 40.9 Å². The lowest BCUT2D eigenvalue weighted by Gasteiger charge is -2.18. The van der Waals surface area contributed by atoms with Crippen LogP contribution in [0.4, 0.5) is 5.69 Å². The molecule has 112 valence electrons. The summed E-state index contributed by atoms with van der Waals surface area (Å²) in [4.78, 5) is 13.2. The summed E-state index contributed by atoms with van der Waals surface area (Å²) in [7, 11) is 3.59. The van der Waals surface area contributed by atoms with Crippen LogP contribution in [-0.4, -0.2) is 26.7 Å². The highest BCUT2D eigenvalue weighted by atomic mass is 16.5. The molecule has 0 aliphatic heterocycles. The summed E-state index contributed by atoms with van der Waals surface area (Å²) >= 11 is 0. The second-order valence-corrected chi connectivity index (χ2v) is 5.20. The molecular formula is C17H27NO2. The highest BCUT2D eigenvalue weighted by Crippen LogP contribution is 2.13.